The van der Waals surface area contributed by atoms with E-state index in [0.717, 1.165) is 13.2 Å². The van der Waals surface area contributed by atoms with Crippen molar-refractivity contribution in [3.05, 3.63) is 0 Å². The van der Waals surface area contributed by atoms with Gasteiger partial charge in [-0.3, -0.25) is 4.90 Å². The molecule has 2 N–H and O–H groups in total. The number of nitrogens with zero attached hydrogens (tertiary/aromatic N) is 1. The molecule has 0 aromatic carbocycles. The number of ether oxygens (including phenoxy) is 1. The first-order chi connectivity index (χ1) is 8.80. The van der Waals surface area contributed by atoms with Crippen LogP contribution in [0.4, 0.5) is 0 Å². The number of nitrogens with two attached hydrogens (primary N) is 1. The van der Waals surface area contributed by atoms with Crippen LogP contribution in [0.25, 0.3) is 0 Å². The fraction of sp³-hybridized carbons (Fsp3) is 1.00. The minimum absolute atomic E-state index is 0.313. The first kappa shape index (κ1) is 14.3. The van der Waals surface area contributed by atoms with Crippen LogP contribution in [0.15, 0.2) is 0 Å². The molecule has 0 amide bonds. The van der Waals surface area contributed by atoms with Gasteiger partial charge in [0.2, 0.25) is 0 Å². The molecule has 0 radical (unpaired) electrons. The molecular formula is C15H30N2O. The van der Waals surface area contributed by atoms with Crippen molar-refractivity contribution < 1.29 is 4.74 Å². The van der Waals surface area contributed by atoms with Crippen molar-refractivity contribution in [1.82, 2.24) is 4.90 Å². The van der Waals surface area contributed by atoms with Gasteiger partial charge in [0.25, 0.3) is 0 Å². The summed E-state index contributed by atoms with van der Waals surface area (Å²) in [6.45, 7) is 6.15. The zero-order valence-electron chi connectivity index (χ0n) is 12.0. The lowest BCUT2D eigenvalue weighted by atomic mass is 9.86. The Hall–Kier alpha value is -0.120. The van der Waals surface area contributed by atoms with Crippen molar-refractivity contribution in [3.8, 4) is 0 Å². The highest BCUT2D eigenvalue weighted by molar-refractivity contribution is 4.95. The van der Waals surface area contributed by atoms with Crippen molar-refractivity contribution in [2.24, 2.45) is 5.73 Å². The largest absolute Gasteiger partial charge is 0.378 e. The van der Waals surface area contributed by atoms with Crippen LogP contribution in [0, 0.1) is 0 Å². The minimum Gasteiger partial charge on any atom is -0.378 e. The molecule has 0 aromatic heterocycles. The van der Waals surface area contributed by atoms with Crippen molar-refractivity contribution in [3.63, 3.8) is 0 Å². The van der Waals surface area contributed by atoms with E-state index in [9.17, 15) is 0 Å². The summed E-state index contributed by atoms with van der Waals surface area (Å²) >= 11 is 0. The second-order valence-corrected chi connectivity index (χ2v) is 5.98. The summed E-state index contributed by atoms with van der Waals surface area (Å²) in [7, 11) is 0. The van der Waals surface area contributed by atoms with Crippen LogP contribution in [0.2, 0.25) is 0 Å². The summed E-state index contributed by atoms with van der Waals surface area (Å²) in [5.74, 6) is 0. The number of likely N-dealkylation sites (tertiary alicyclic amines) is 1. The standard InChI is InChI=1S/C15H30N2O/c1-2-18-14-7-11-17(12-8-14)15(13-16)9-5-3-4-6-10-15/h14H,2-13,16H2,1H3. The Balaban J connectivity index is 1.92. The summed E-state index contributed by atoms with van der Waals surface area (Å²) in [4.78, 5) is 2.69. The van der Waals surface area contributed by atoms with E-state index < -0.39 is 0 Å². The number of hydrogen-bond acceptors (Lipinski definition) is 3. The first-order valence-corrected chi connectivity index (χ1v) is 7.87. The summed E-state index contributed by atoms with van der Waals surface area (Å²) < 4.78 is 5.75. The smallest absolute Gasteiger partial charge is 0.0599 e. The zero-order chi connectivity index (χ0) is 12.8. The fourth-order valence-corrected chi connectivity index (χ4v) is 3.77. The average molecular weight is 254 g/mol. The highest BCUT2D eigenvalue weighted by atomic mass is 16.5. The van der Waals surface area contributed by atoms with E-state index in [1.165, 1.54) is 64.5 Å². The monoisotopic (exact) mass is 254 g/mol. The molecule has 2 fully saturated rings. The Bertz CT molecular complexity index is 229. The van der Waals surface area contributed by atoms with Crippen LogP contribution >= 0.6 is 0 Å². The minimum atomic E-state index is 0.313. The quantitative estimate of drug-likeness (QED) is 0.784. The van der Waals surface area contributed by atoms with E-state index in [-0.39, 0.29) is 0 Å². The Kier molecular flexibility index (Phi) is 5.46. The molecule has 0 unspecified atom stereocenters. The number of hydrogen-bond donors (Lipinski definition) is 1. The molecular weight excluding hydrogens is 224 g/mol. The van der Waals surface area contributed by atoms with Gasteiger partial charge >= 0.3 is 0 Å². The third-order valence-electron chi connectivity index (χ3n) is 4.93. The molecule has 3 heteroatoms. The summed E-state index contributed by atoms with van der Waals surface area (Å²) in [6.07, 6.45) is 11.0. The summed E-state index contributed by atoms with van der Waals surface area (Å²) in [5, 5.41) is 0. The number of piperidine rings is 1. The van der Waals surface area contributed by atoms with Gasteiger partial charge in [0.05, 0.1) is 6.10 Å². The highest BCUT2D eigenvalue weighted by Gasteiger charge is 2.37. The molecule has 0 bridgehead atoms. The maximum absolute atomic E-state index is 6.16. The maximum atomic E-state index is 6.16. The third-order valence-corrected chi connectivity index (χ3v) is 4.93. The van der Waals surface area contributed by atoms with Gasteiger partial charge in [-0.15, -0.1) is 0 Å². The van der Waals surface area contributed by atoms with Crippen molar-refractivity contribution in [2.45, 2.75) is 69.9 Å². The Labute approximate surface area is 112 Å². The topological polar surface area (TPSA) is 38.5 Å². The van der Waals surface area contributed by atoms with Crippen LogP contribution in [0.1, 0.15) is 58.3 Å². The second kappa shape index (κ2) is 6.88. The van der Waals surface area contributed by atoms with E-state index in [0.29, 0.717) is 11.6 Å². The van der Waals surface area contributed by atoms with E-state index in [1.807, 2.05) is 0 Å². The zero-order valence-corrected chi connectivity index (χ0v) is 12.0. The maximum Gasteiger partial charge on any atom is 0.0599 e. The molecule has 0 atom stereocenters. The molecule has 1 saturated carbocycles. The third kappa shape index (κ3) is 3.25. The van der Waals surface area contributed by atoms with E-state index in [2.05, 4.69) is 11.8 Å². The van der Waals surface area contributed by atoms with E-state index in [4.69, 9.17) is 10.5 Å². The van der Waals surface area contributed by atoms with Crippen LogP contribution in [0.5, 0.6) is 0 Å². The van der Waals surface area contributed by atoms with Crippen LogP contribution < -0.4 is 5.73 Å². The molecule has 1 heterocycles. The lowest BCUT2D eigenvalue weighted by molar-refractivity contribution is -0.0225. The molecule has 2 rings (SSSR count). The van der Waals surface area contributed by atoms with E-state index in [1.54, 1.807) is 0 Å². The fourth-order valence-electron chi connectivity index (χ4n) is 3.77. The highest BCUT2D eigenvalue weighted by Crippen LogP contribution is 2.34. The summed E-state index contributed by atoms with van der Waals surface area (Å²) in [5.41, 5.74) is 6.47. The van der Waals surface area contributed by atoms with Gasteiger partial charge < -0.3 is 10.5 Å². The van der Waals surface area contributed by atoms with Gasteiger partial charge in [0.15, 0.2) is 0 Å². The van der Waals surface area contributed by atoms with Crippen LogP contribution in [-0.2, 0) is 4.74 Å². The normalized spacial score (nSPS) is 27.0. The summed E-state index contributed by atoms with van der Waals surface area (Å²) in [6, 6.07) is 0. The van der Waals surface area contributed by atoms with Crippen LogP contribution in [-0.4, -0.2) is 42.8 Å². The molecule has 106 valence electrons. The second-order valence-electron chi connectivity index (χ2n) is 5.98. The predicted octanol–water partition coefficient (Wildman–Crippen LogP) is 2.54. The van der Waals surface area contributed by atoms with Crippen LogP contribution in [0.3, 0.4) is 0 Å². The van der Waals surface area contributed by atoms with Crippen molar-refractivity contribution in [2.75, 3.05) is 26.2 Å². The molecule has 18 heavy (non-hydrogen) atoms. The Morgan fingerprint density at radius 2 is 1.72 bits per heavy atom. The molecule has 1 saturated heterocycles. The Morgan fingerprint density at radius 3 is 2.22 bits per heavy atom. The van der Waals surface area contributed by atoms with Crippen molar-refractivity contribution >= 4 is 0 Å². The van der Waals surface area contributed by atoms with Crippen molar-refractivity contribution in [1.29, 1.82) is 0 Å². The molecule has 2 aliphatic rings. The van der Waals surface area contributed by atoms with Gasteiger partial charge in [0, 0.05) is 31.8 Å². The molecule has 1 aliphatic carbocycles. The average Bonchev–Trinajstić information content (AvgIpc) is 2.66. The first-order valence-electron chi connectivity index (χ1n) is 7.87. The molecule has 1 aliphatic heterocycles. The molecule has 0 spiro atoms. The Morgan fingerprint density at radius 1 is 1.11 bits per heavy atom. The van der Waals surface area contributed by atoms with Gasteiger partial charge in [-0.2, -0.15) is 0 Å². The lowest BCUT2D eigenvalue weighted by Crippen LogP contribution is -2.56. The van der Waals surface area contributed by atoms with Gasteiger partial charge in [-0.25, -0.2) is 0 Å². The lowest BCUT2D eigenvalue weighted by Gasteiger charge is -2.46. The van der Waals surface area contributed by atoms with E-state index >= 15 is 0 Å². The van der Waals surface area contributed by atoms with Gasteiger partial charge in [-0.05, 0) is 32.6 Å². The molecule has 0 aromatic rings. The molecule has 3 nitrogen and oxygen atoms in total. The predicted molar refractivity (Wildman–Crippen MR) is 75.7 cm³/mol. The SMILES string of the molecule is CCOC1CCN(C2(CN)CCCCCC2)CC1. The van der Waals surface area contributed by atoms with Gasteiger partial charge in [-0.1, -0.05) is 25.7 Å². The van der Waals surface area contributed by atoms with Gasteiger partial charge in [0.1, 0.15) is 0 Å². The number of rotatable bonds is 4.